The maximum absolute atomic E-state index is 11.3. The Morgan fingerprint density at radius 1 is 1.24 bits per heavy atom. The van der Waals surface area contributed by atoms with Crippen LogP contribution in [0.5, 0.6) is 5.75 Å². The summed E-state index contributed by atoms with van der Waals surface area (Å²) >= 11 is 6.31. The zero-order chi connectivity index (χ0) is 23.8. The molecule has 1 aliphatic rings. The quantitative estimate of drug-likeness (QED) is 0.338. The molecular formula is C27H26ClN3O3. The highest BCUT2D eigenvalue weighted by Gasteiger charge is 2.26. The van der Waals surface area contributed by atoms with Gasteiger partial charge in [-0.2, -0.15) is 0 Å². The van der Waals surface area contributed by atoms with Crippen LogP contribution in [0.2, 0.25) is 5.02 Å². The minimum Gasteiger partial charge on any atom is -0.489 e. The average Bonchev–Trinajstić information content (AvgIpc) is 3.38. The second-order valence-corrected chi connectivity index (χ2v) is 8.86. The Balaban J connectivity index is 1.41. The van der Waals surface area contributed by atoms with Crippen LogP contribution in [0.1, 0.15) is 42.5 Å². The van der Waals surface area contributed by atoms with Crippen molar-refractivity contribution in [3.05, 3.63) is 82.1 Å². The van der Waals surface area contributed by atoms with Crippen LogP contribution < -0.4 is 10.1 Å². The normalized spacial score (nSPS) is 14.6. The standard InChI is InChI=1S/C27H26ClN3O3/c1-4-27-30-22-11-8-19(28)12-24(22)31(27)23-7-5-6-18(16(23)2)14-29-20-9-10-21-25(13-20)33-15-26(21)34-17(3)32/h5-13,26,29H,4,14-15H2,1-3H3/t26-/m1/s1. The number of esters is 1. The zero-order valence-electron chi connectivity index (χ0n) is 19.4. The third-order valence-corrected chi connectivity index (χ3v) is 6.44. The Kier molecular flexibility index (Phi) is 5.92. The topological polar surface area (TPSA) is 65.4 Å². The van der Waals surface area contributed by atoms with E-state index in [0.29, 0.717) is 18.2 Å². The van der Waals surface area contributed by atoms with Crippen molar-refractivity contribution >= 4 is 34.3 Å². The number of rotatable bonds is 6. The molecule has 0 bridgehead atoms. The fraction of sp³-hybridized carbons (Fsp3) is 0.259. The van der Waals surface area contributed by atoms with E-state index >= 15 is 0 Å². The second kappa shape index (κ2) is 9.03. The number of halogens is 1. The van der Waals surface area contributed by atoms with E-state index in [-0.39, 0.29) is 12.1 Å². The van der Waals surface area contributed by atoms with Crippen LogP contribution in [0, 0.1) is 6.92 Å². The number of aromatic nitrogens is 2. The van der Waals surface area contributed by atoms with E-state index < -0.39 is 0 Å². The molecule has 1 aromatic heterocycles. The Morgan fingerprint density at radius 2 is 2.09 bits per heavy atom. The van der Waals surface area contributed by atoms with Crippen molar-refractivity contribution in [2.24, 2.45) is 0 Å². The molecule has 0 spiro atoms. The number of ether oxygens (including phenoxy) is 2. The highest BCUT2D eigenvalue weighted by atomic mass is 35.5. The number of carbonyl (C=O) groups excluding carboxylic acids is 1. The van der Waals surface area contributed by atoms with Crippen LogP contribution in [0.4, 0.5) is 5.69 Å². The van der Waals surface area contributed by atoms with Gasteiger partial charge in [-0.25, -0.2) is 4.98 Å². The van der Waals surface area contributed by atoms with Crippen LogP contribution in [-0.2, 0) is 22.5 Å². The van der Waals surface area contributed by atoms with Crippen molar-refractivity contribution in [1.82, 2.24) is 9.55 Å². The molecule has 2 heterocycles. The first kappa shape index (κ1) is 22.3. The lowest BCUT2D eigenvalue weighted by Gasteiger charge is -2.16. The van der Waals surface area contributed by atoms with E-state index in [1.54, 1.807) is 0 Å². The summed E-state index contributed by atoms with van der Waals surface area (Å²) in [5, 5.41) is 4.20. The fourth-order valence-electron chi connectivity index (χ4n) is 4.49. The van der Waals surface area contributed by atoms with Gasteiger partial charge in [-0.15, -0.1) is 0 Å². The van der Waals surface area contributed by atoms with Gasteiger partial charge in [0.25, 0.3) is 0 Å². The van der Waals surface area contributed by atoms with Gasteiger partial charge in [0.1, 0.15) is 18.2 Å². The summed E-state index contributed by atoms with van der Waals surface area (Å²) in [5.41, 5.74) is 7.25. The molecule has 0 radical (unpaired) electrons. The Morgan fingerprint density at radius 3 is 2.88 bits per heavy atom. The molecule has 0 amide bonds. The number of benzene rings is 3. The monoisotopic (exact) mass is 475 g/mol. The molecule has 5 rings (SSSR count). The smallest absolute Gasteiger partial charge is 0.303 e. The van der Waals surface area contributed by atoms with E-state index in [2.05, 4.69) is 41.9 Å². The molecule has 0 saturated carbocycles. The summed E-state index contributed by atoms with van der Waals surface area (Å²) in [6.45, 7) is 6.66. The van der Waals surface area contributed by atoms with Gasteiger partial charge in [0.05, 0.1) is 16.7 Å². The number of hydrogen-bond donors (Lipinski definition) is 1. The molecule has 4 aromatic rings. The summed E-state index contributed by atoms with van der Waals surface area (Å²) in [7, 11) is 0. The van der Waals surface area contributed by atoms with Gasteiger partial charge in [-0.3, -0.25) is 9.36 Å². The summed E-state index contributed by atoms with van der Waals surface area (Å²) in [6.07, 6.45) is 0.476. The number of imidazole rings is 1. The van der Waals surface area contributed by atoms with Crippen LogP contribution in [0.25, 0.3) is 16.7 Å². The summed E-state index contributed by atoms with van der Waals surface area (Å²) in [4.78, 5) is 16.1. The Hall–Kier alpha value is -3.51. The first-order chi connectivity index (χ1) is 16.4. The molecule has 1 aliphatic heterocycles. The highest BCUT2D eigenvalue weighted by molar-refractivity contribution is 6.31. The van der Waals surface area contributed by atoms with Gasteiger partial charge in [0.15, 0.2) is 6.10 Å². The van der Waals surface area contributed by atoms with Crippen LogP contribution in [-0.4, -0.2) is 22.1 Å². The van der Waals surface area contributed by atoms with E-state index in [4.69, 9.17) is 26.1 Å². The van der Waals surface area contributed by atoms with Gasteiger partial charge in [-0.05, 0) is 54.4 Å². The number of nitrogens with one attached hydrogen (secondary N) is 1. The van der Waals surface area contributed by atoms with Crippen molar-refractivity contribution in [3.63, 3.8) is 0 Å². The van der Waals surface area contributed by atoms with E-state index in [0.717, 1.165) is 46.0 Å². The van der Waals surface area contributed by atoms with Crippen molar-refractivity contribution in [1.29, 1.82) is 0 Å². The fourth-order valence-corrected chi connectivity index (χ4v) is 4.66. The molecule has 6 nitrogen and oxygen atoms in total. The number of hydrogen-bond acceptors (Lipinski definition) is 5. The maximum atomic E-state index is 11.3. The molecule has 34 heavy (non-hydrogen) atoms. The first-order valence-electron chi connectivity index (χ1n) is 11.4. The molecular weight excluding hydrogens is 450 g/mol. The second-order valence-electron chi connectivity index (χ2n) is 8.43. The number of anilines is 1. The largest absolute Gasteiger partial charge is 0.489 e. The Bertz CT molecular complexity index is 1400. The number of nitrogens with zero attached hydrogens (tertiary/aromatic N) is 2. The highest BCUT2D eigenvalue weighted by Crippen LogP contribution is 2.37. The zero-order valence-corrected chi connectivity index (χ0v) is 20.1. The lowest BCUT2D eigenvalue weighted by atomic mass is 10.1. The maximum Gasteiger partial charge on any atom is 0.303 e. The molecule has 1 N–H and O–H groups in total. The van der Waals surface area contributed by atoms with Gasteiger partial charge >= 0.3 is 5.97 Å². The van der Waals surface area contributed by atoms with Gasteiger partial charge in [0, 0.05) is 42.2 Å². The molecule has 3 aromatic carbocycles. The van der Waals surface area contributed by atoms with Gasteiger partial charge < -0.3 is 14.8 Å². The third kappa shape index (κ3) is 4.10. The minimum absolute atomic E-state index is 0.307. The van der Waals surface area contributed by atoms with Crippen LogP contribution >= 0.6 is 11.6 Å². The average molecular weight is 476 g/mol. The van der Waals surface area contributed by atoms with Gasteiger partial charge in [-0.1, -0.05) is 30.7 Å². The van der Waals surface area contributed by atoms with Crippen molar-refractivity contribution in [3.8, 4) is 11.4 Å². The molecule has 0 aliphatic carbocycles. The van der Waals surface area contributed by atoms with Crippen LogP contribution in [0.15, 0.2) is 54.6 Å². The SMILES string of the molecule is CCc1nc2ccc(Cl)cc2n1-c1cccc(CNc2ccc3c(c2)OC[C@H]3OC(C)=O)c1C. The lowest BCUT2D eigenvalue weighted by Crippen LogP contribution is -2.09. The third-order valence-electron chi connectivity index (χ3n) is 6.20. The van der Waals surface area contributed by atoms with E-state index in [1.165, 1.54) is 18.1 Å². The lowest BCUT2D eigenvalue weighted by molar-refractivity contribution is -0.147. The van der Waals surface area contributed by atoms with E-state index in [9.17, 15) is 4.79 Å². The number of carbonyl (C=O) groups is 1. The van der Waals surface area contributed by atoms with Crippen molar-refractivity contribution in [2.45, 2.75) is 39.8 Å². The Labute approximate surface area is 203 Å². The first-order valence-corrected chi connectivity index (χ1v) is 11.8. The number of aryl methyl sites for hydroxylation is 1. The summed E-state index contributed by atoms with van der Waals surface area (Å²) in [5.74, 6) is 1.44. The van der Waals surface area contributed by atoms with Crippen molar-refractivity contribution in [2.75, 3.05) is 11.9 Å². The molecule has 7 heteroatoms. The molecule has 0 saturated heterocycles. The van der Waals surface area contributed by atoms with Crippen molar-refractivity contribution < 1.29 is 14.3 Å². The predicted octanol–water partition coefficient (Wildman–Crippen LogP) is 6.16. The summed E-state index contributed by atoms with van der Waals surface area (Å²) in [6, 6.07) is 18.0. The van der Waals surface area contributed by atoms with Crippen LogP contribution in [0.3, 0.4) is 0 Å². The van der Waals surface area contributed by atoms with Gasteiger partial charge in [0.2, 0.25) is 0 Å². The molecule has 1 atom stereocenters. The minimum atomic E-state index is -0.341. The molecule has 174 valence electrons. The molecule has 0 unspecified atom stereocenters. The molecule has 0 fully saturated rings. The summed E-state index contributed by atoms with van der Waals surface area (Å²) < 4.78 is 13.3. The van der Waals surface area contributed by atoms with E-state index in [1.807, 2.05) is 36.4 Å². The predicted molar refractivity (Wildman–Crippen MR) is 134 cm³/mol. The number of fused-ring (bicyclic) bond motifs is 2.